The highest BCUT2D eigenvalue weighted by atomic mass is 32.1. The Morgan fingerprint density at radius 2 is 2.11 bits per heavy atom. The zero-order chi connectivity index (χ0) is 13.8. The third-order valence-electron chi connectivity index (χ3n) is 2.39. The van der Waals surface area contributed by atoms with Gasteiger partial charge in [-0.3, -0.25) is 4.79 Å². The van der Waals surface area contributed by atoms with Crippen LogP contribution in [0.5, 0.6) is 0 Å². The van der Waals surface area contributed by atoms with Crippen LogP contribution in [0.15, 0.2) is 29.7 Å². The van der Waals surface area contributed by atoms with Gasteiger partial charge in [0.2, 0.25) is 5.91 Å². The molecule has 0 aliphatic carbocycles. The second-order valence-corrected chi connectivity index (χ2v) is 6.62. The maximum absolute atomic E-state index is 11.6. The van der Waals surface area contributed by atoms with Crippen LogP contribution < -0.4 is 5.32 Å². The van der Waals surface area contributed by atoms with Gasteiger partial charge < -0.3 is 10.4 Å². The number of hydrogen-bond acceptors (Lipinski definition) is 3. The van der Waals surface area contributed by atoms with Crippen molar-refractivity contribution in [3.05, 3.63) is 34.5 Å². The van der Waals surface area contributed by atoms with E-state index < -0.39 is 5.60 Å². The molecular weight excluding hydrogens is 246 g/mol. The maximum atomic E-state index is 11.6. The van der Waals surface area contributed by atoms with Gasteiger partial charge in [-0.05, 0) is 29.9 Å². The second-order valence-electron chi connectivity index (χ2n) is 5.67. The Hall–Kier alpha value is -1.13. The van der Waals surface area contributed by atoms with Gasteiger partial charge in [-0.15, -0.1) is 11.3 Å². The van der Waals surface area contributed by atoms with Crippen molar-refractivity contribution in [1.82, 2.24) is 5.32 Å². The molecule has 1 aromatic heterocycles. The van der Waals surface area contributed by atoms with Crippen molar-refractivity contribution in [2.45, 2.75) is 33.3 Å². The Morgan fingerprint density at radius 3 is 2.61 bits per heavy atom. The molecule has 1 heterocycles. The van der Waals surface area contributed by atoms with Crippen LogP contribution in [0.2, 0.25) is 0 Å². The predicted molar refractivity (Wildman–Crippen MR) is 75.5 cm³/mol. The number of nitrogens with one attached hydrogen (secondary N) is 1. The zero-order valence-corrected chi connectivity index (χ0v) is 12.2. The number of hydrogen-bond donors (Lipinski definition) is 2. The lowest BCUT2D eigenvalue weighted by Crippen LogP contribution is -2.37. The van der Waals surface area contributed by atoms with Crippen LogP contribution in [0.1, 0.15) is 32.6 Å². The van der Waals surface area contributed by atoms with Gasteiger partial charge in [-0.25, -0.2) is 0 Å². The number of aliphatic hydroxyl groups is 1. The lowest BCUT2D eigenvalue weighted by Gasteiger charge is -2.22. The lowest BCUT2D eigenvalue weighted by molar-refractivity contribution is -0.117. The molecule has 0 radical (unpaired) electrons. The number of rotatable bonds is 4. The topological polar surface area (TPSA) is 49.3 Å². The van der Waals surface area contributed by atoms with Gasteiger partial charge in [0.05, 0.1) is 6.54 Å². The van der Waals surface area contributed by atoms with E-state index in [-0.39, 0.29) is 17.9 Å². The molecule has 1 atom stereocenters. The molecule has 4 heteroatoms. The minimum absolute atomic E-state index is 0.0202. The molecular formula is C14H21NO2S. The Bertz CT molecular complexity index is 414. The van der Waals surface area contributed by atoms with E-state index in [0.717, 1.165) is 4.88 Å². The van der Waals surface area contributed by atoms with Gasteiger partial charge in [-0.2, -0.15) is 0 Å². The highest BCUT2D eigenvalue weighted by Gasteiger charge is 2.24. The molecule has 0 aliphatic heterocycles. The Labute approximate surface area is 113 Å². The van der Waals surface area contributed by atoms with E-state index in [1.807, 2.05) is 44.4 Å². The van der Waals surface area contributed by atoms with Crippen molar-refractivity contribution in [2.24, 2.45) is 5.41 Å². The fraction of sp³-hybridized carbons (Fsp3) is 0.500. The first-order chi connectivity index (χ1) is 8.21. The van der Waals surface area contributed by atoms with E-state index >= 15 is 0 Å². The highest BCUT2D eigenvalue weighted by molar-refractivity contribution is 7.10. The maximum Gasteiger partial charge on any atom is 0.243 e. The summed E-state index contributed by atoms with van der Waals surface area (Å²) in [5, 5.41) is 14.8. The molecule has 0 spiro atoms. The fourth-order valence-electron chi connectivity index (χ4n) is 1.32. The Balaban J connectivity index is 2.51. The molecule has 3 nitrogen and oxygen atoms in total. The van der Waals surface area contributed by atoms with Crippen molar-refractivity contribution in [2.75, 3.05) is 6.54 Å². The summed E-state index contributed by atoms with van der Waals surface area (Å²) in [6.07, 6.45) is 3.37. The third kappa shape index (κ3) is 5.02. The standard InChI is InChI=1S/C14H21NO2S/c1-13(2,3)8-7-12(16)15-10-14(4,17)11-6-5-9-18-11/h5-9,17H,10H2,1-4H3,(H,15,16). The summed E-state index contributed by atoms with van der Waals surface area (Å²) >= 11 is 1.48. The van der Waals surface area contributed by atoms with E-state index in [9.17, 15) is 9.90 Å². The first-order valence-electron chi connectivity index (χ1n) is 5.94. The molecule has 1 rings (SSSR count). The van der Waals surface area contributed by atoms with Crippen LogP contribution in [0.3, 0.4) is 0 Å². The molecule has 0 aromatic carbocycles. The lowest BCUT2D eigenvalue weighted by atomic mass is 9.96. The minimum Gasteiger partial charge on any atom is -0.383 e. The highest BCUT2D eigenvalue weighted by Crippen LogP contribution is 2.24. The normalized spacial score (nSPS) is 15.6. The van der Waals surface area contributed by atoms with E-state index in [2.05, 4.69) is 5.32 Å². The second kappa shape index (κ2) is 5.67. The fourth-order valence-corrected chi connectivity index (χ4v) is 2.10. The molecule has 0 aliphatic rings. The smallest absolute Gasteiger partial charge is 0.243 e. The summed E-state index contributed by atoms with van der Waals surface area (Å²) in [6, 6.07) is 3.75. The van der Waals surface area contributed by atoms with E-state index in [1.54, 1.807) is 6.92 Å². The van der Waals surface area contributed by atoms with Crippen LogP contribution in [0.25, 0.3) is 0 Å². The van der Waals surface area contributed by atoms with Crippen LogP contribution in [-0.4, -0.2) is 17.6 Å². The summed E-state index contributed by atoms with van der Waals surface area (Å²) in [5.74, 6) is -0.179. The number of carbonyl (C=O) groups is 1. The van der Waals surface area contributed by atoms with Gasteiger partial charge in [0.15, 0.2) is 0 Å². The van der Waals surface area contributed by atoms with Gasteiger partial charge >= 0.3 is 0 Å². The Kier molecular flexibility index (Phi) is 4.71. The summed E-state index contributed by atoms with van der Waals surface area (Å²) < 4.78 is 0. The quantitative estimate of drug-likeness (QED) is 0.824. The zero-order valence-electron chi connectivity index (χ0n) is 11.4. The summed E-state index contributed by atoms with van der Waals surface area (Å²) in [4.78, 5) is 12.4. The minimum atomic E-state index is -1.01. The SMILES string of the molecule is CC(C)(C)C=CC(=O)NCC(C)(O)c1cccs1. The average molecular weight is 267 g/mol. The van der Waals surface area contributed by atoms with E-state index in [0.29, 0.717) is 0 Å². The molecule has 0 saturated carbocycles. The van der Waals surface area contributed by atoms with Crippen LogP contribution in [0.4, 0.5) is 0 Å². The summed E-state index contributed by atoms with van der Waals surface area (Å²) in [6.45, 7) is 7.99. The van der Waals surface area contributed by atoms with Crippen LogP contribution in [0, 0.1) is 5.41 Å². The third-order valence-corrected chi connectivity index (χ3v) is 3.52. The van der Waals surface area contributed by atoms with Gasteiger partial charge in [0.25, 0.3) is 0 Å². The predicted octanol–water partition coefficient (Wildman–Crippen LogP) is 2.67. The monoisotopic (exact) mass is 267 g/mol. The van der Waals surface area contributed by atoms with E-state index in [1.165, 1.54) is 17.4 Å². The first kappa shape index (κ1) is 14.9. The average Bonchev–Trinajstić information content (AvgIpc) is 2.76. The molecule has 100 valence electrons. The van der Waals surface area contributed by atoms with Crippen molar-refractivity contribution in [3.63, 3.8) is 0 Å². The van der Waals surface area contributed by atoms with Crippen molar-refractivity contribution in [1.29, 1.82) is 0 Å². The molecule has 0 saturated heterocycles. The molecule has 1 amide bonds. The van der Waals surface area contributed by atoms with Crippen molar-refractivity contribution < 1.29 is 9.90 Å². The van der Waals surface area contributed by atoms with Gasteiger partial charge in [-0.1, -0.05) is 32.9 Å². The molecule has 0 fully saturated rings. The molecule has 0 bridgehead atoms. The van der Waals surface area contributed by atoms with Gasteiger partial charge in [0, 0.05) is 4.88 Å². The number of amides is 1. The van der Waals surface area contributed by atoms with Crippen LogP contribution >= 0.6 is 11.3 Å². The molecule has 18 heavy (non-hydrogen) atoms. The number of carbonyl (C=O) groups excluding carboxylic acids is 1. The summed E-state index contributed by atoms with van der Waals surface area (Å²) in [5.41, 5.74) is -1.03. The largest absolute Gasteiger partial charge is 0.383 e. The van der Waals surface area contributed by atoms with E-state index in [4.69, 9.17) is 0 Å². The number of thiophene rings is 1. The molecule has 2 N–H and O–H groups in total. The Morgan fingerprint density at radius 1 is 1.44 bits per heavy atom. The van der Waals surface area contributed by atoms with Crippen molar-refractivity contribution >= 4 is 17.2 Å². The summed E-state index contributed by atoms with van der Waals surface area (Å²) in [7, 11) is 0. The molecule has 1 aromatic rings. The number of allylic oxidation sites excluding steroid dienone is 1. The van der Waals surface area contributed by atoms with Crippen molar-refractivity contribution in [3.8, 4) is 0 Å². The van der Waals surface area contributed by atoms with Crippen LogP contribution in [-0.2, 0) is 10.4 Å². The molecule has 1 unspecified atom stereocenters. The van der Waals surface area contributed by atoms with Gasteiger partial charge in [0.1, 0.15) is 5.60 Å². The first-order valence-corrected chi connectivity index (χ1v) is 6.82.